The van der Waals surface area contributed by atoms with Gasteiger partial charge in [0.1, 0.15) is 5.75 Å². The number of phenols is 1. The van der Waals surface area contributed by atoms with E-state index in [0.29, 0.717) is 18.5 Å². The molecule has 2 aromatic rings. The molecule has 20 heavy (non-hydrogen) atoms. The number of aromatic hydroxyl groups is 1. The van der Waals surface area contributed by atoms with E-state index in [1.165, 1.54) is 6.07 Å². The van der Waals surface area contributed by atoms with Gasteiger partial charge in [0.25, 0.3) is 0 Å². The van der Waals surface area contributed by atoms with Gasteiger partial charge in [-0.2, -0.15) is 0 Å². The third kappa shape index (κ3) is 2.85. The van der Waals surface area contributed by atoms with E-state index in [-0.39, 0.29) is 17.3 Å². The summed E-state index contributed by atoms with van der Waals surface area (Å²) in [6.45, 7) is 2.09. The minimum Gasteiger partial charge on any atom is -0.507 e. The van der Waals surface area contributed by atoms with Gasteiger partial charge >= 0.3 is 5.97 Å². The van der Waals surface area contributed by atoms with E-state index >= 15 is 0 Å². The van der Waals surface area contributed by atoms with Crippen molar-refractivity contribution in [2.45, 2.75) is 6.92 Å². The predicted octanol–water partition coefficient (Wildman–Crippen LogP) is 3.05. The van der Waals surface area contributed by atoms with Gasteiger partial charge in [0.15, 0.2) is 6.29 Å². The summed E-state index contributed by atoms with van der Waals surface area (Å²) in [5.41, 5.74) is 2.35. The Kier molecular flexibility index (Phi) is 4.15. The van der Waals surface area contributed by atoms with Gasteiger partial charge in [0.05, 0.1) is 17.7 Å². The molecule has 0 aliphatic heterocycles. The van der Waals surface area contributed by atoms with Crippen LogP contribution in [0.25, 0.3) is 11.1 Å². The monoisotopic (exact) mass is 270 g/mol. The van der Waals surface area contributed by atoms with E-state index in [4.69, 9.17) is 4.74 Å². The molecule has 1 N–H and O–H groups in total. The van der Waals surface area contributed by atoms with Crippen molar-refractivity contribution in [1.29, 1.82) is 0 Å². The van der Waals surface area contributed by atoms with Crippen LogP contribution < -0.4 is 0 Å². The maximum absolute atomic E-state index is 11.5. The second-order valence-electron chi connectivity index (χ2n) is 4.19. The summed E-state index contributed by atoms with van der Waals surface area (Å²) in [4.78, 5) is 22.3. The Labute approximate surface area is 116 Å². The molecule has 102 valence electrons. The average molecular weight is 270 g/mol. The van der Waals surface area contributed by atoms with E-state index in [2.05, 4.69) is 0 Å². The smallest absolute Gasteiger partial charge is 0.338 e. The molecule has 0 saturated heterocycles. The second-order valence-corrected chi connectivity index (χ2v) is 4.19. The molecule has 0 unspecified atom stereocenters. The first-order valence-corrected chi connectivity index (χ1v) is 6.21. The van der Waals surface area contributed by atoms with Crippen molar-refractivity contribution in [2.24, 2.45) is 0 Å². The topological polar surface area (TPSA) is 63.6 Å². The first kappa shape index (κ1) is 13.8. The maximum atomic E-state index is 11.5. The van der Waals surface area contributed by atoms with Crippen LogP contribution in [0.15, 0.2) is 42.5 Å². The lowest BCUT2D eigenvalue weighted by molar-refractivity contribution is 0.0526. The molecule has 0 heterocycles. The Hall–Kier alpha value is -2.62. The number of rotatable bonds is 4. The zero-order valence-electron chi connectivity index (χ0n) is 11.0. The number of hydrogen-bond donors (Lipinski definition) is 1. The fraction of sp³-hybridized carbons (Fsp3) is 0.125. The van der Waals surface area contributed by atoms with Gasteiger partial charge in [0.2, 0.25) is 0 Å². The van der Waals surface area contributed by atoms with E-state index in [1.807, 2.05) is 0 Å². The third-order valence-corrected chi connectivity index (χ3v) is 2.88. The molecule has 0 aliphatic carbocycles. The molecule has 0 saturated carbocycles. The first-order valence-electron chi connectivity index (χ1n) is 6.21. The fourth-order valence-corrected chi connectivity index (χ4v) is 1.84. The van der Waals surface area contributed by atoms with Gasteiger partial charge in [0, 0.05) is 0 Å². The molecule has 2 aromatic carbocycles. The molecule has 4 nitrogen and oxygen atoms in total. The number of carbonyl (C=O) groups is 2. The molecule has 0 aliphatic rings. The summed E-state index contributed by atoms with van der Waals surface area (Å²) in [7, 11) is 0. The molecule has 2 rings (SSSR count). The van der Waals surface area contributed by atoms with Crippen molar-refractivity contribution >= 4 is 12.3 Å². The molecule has 0 spiro atoms. The molecule has 0 aromatic heterocycles. The average Bonchev–Trinajstić information content (AvgIpc) is 2.48. The van der Waals surface area contributed by atoms with Crippen molar-refractivity contribution in [2.75, 3.05) is 6.61 Å². The van der Waals surface area contributed by atoms with Crippen LogP contribution in [0.1, 0.15) is 27.6 Å². The van der Waals surface area contributed by atoms with Crippen LogP contribution >= 0.6 is 0 Å². The number of esters is 1. The lowest BCUT2D eigenvalue weighted by Gasteiger charge is -2.06. The summed E-state index contributed by atoms with van der Waals surface area (Å²) >= 11 is 0. The summed E-state index contributed by atoms with van der Waals surface area (Å²) in [6, 6.07) is 11.7. The Morgan fingerprint density at radius 2 is 1.80 bits per heavy atom. The summed E-state index contributed by atoms with van der Waals surface area (Å²) < 4.78 is 4.91. The van der Waals surface area contributed by atoms with Crippen molar-refractivity contribution < 1.29 is 19.4 Å². The van der Waals surface area contributed by atoms with Gasteiger partial charge in [-0.3, -0.25) is 4.79 Å². The van der Waals surface area contributed by atoms with Crippen LogP contribution in [0, 0.1) is 0 Å². The third-order valence-electron chi connectivity index (χ3n) is 2.88. The van der Waals surface area contributed by atoms with Crippen LogP contribution in [-0.2, 0) is 4.74 Å². The Morgan fingerprint density at radius 1 is 1.15 bits per heavy atom. The van der Waals surface area contributed by atoms with E-state index in [0.717, 1.165) is 11.1 Å². The van der Waals surface area contributed by atoms with Gasteiger partial charge < -0.3 is 9.84 Å². The molecular weight excluding hydrogens is 256 g/mol. The van der Waals surface area contributed by atoms with E-state index in [1.54, 1.807) is 43.3 Å². The summed E-state index contributed by atoms with van der Waals surface area (Å²) in [5, 5.41) is 9.47. The summed E-state index contributed by atoms with van der Waals surface area (Å²) in [5.74, 6) is -0.412. The van der Waals surface area contributed by atoms with Crippen molar-refractivity contribution in [3.8, 4) is 16.9 Å². The molecular formula is C16H14O4. The first-order chi connectivity index (χ1) is 9.65. The predicted molar refractivity (Wildman–Crippen MR) is 74.9 cm³/mol. The van der Waals surface area contributed by atoms with Crippen LogP contribution in [0.4, 0.5) is 0 Å². The molecule has 0 atom stereocenters. The molecule has 0 amide bonds. The molecule has 0 radical (unpaired) electrons. The highest BCUT2D eigenvalue weighted by molar-refractivity contribution is 5.90. The Balaban J connectivity index is 2.30. The highest BCUT2D eigenvalue weighted by Crippen LogP contribution is 2.25. The zero-order chi connectivity index (χ0) is 14.5. The van der Waals surface area contributed by atoms with Crippen LogP contribution in [-0.4, -0.2) is 24.0 Å². The van der Waals surface area contributed by atoms with Gasteiger partial charge in [-0.25, -0.2) is 4.79 Å². The minimum atomic E-state index is -0.363. The normalized spacial score (nSPS) is 10.1. The quantitative estimate of drug-likeness (QED) is 0.685. The van der Waals surface area contributed by atoms with Crippen molar-refractivity contribution in [3.05, 3.63) is 53.6 Å². The van der Waals surface area contributed by atoms with Crippen molar-refractivity contribution in [3.63, 3.8) is 0 Å². The van der Waals surface area contributed by atoms with Crippen molar-refractivity contribution in [1.82, 2.24) is 0 Å². The van der Waals surface area contributed by atoms with Gasteiger partial charge in [-0.15, -0.1) is 0 Å². The maximum Gasteiger partial charge on any atom is 0.338 e. The highest BCUT2D eigenvalue weighted by Gasteiger charge is 2.07. The second kappa shape index (κ2) is 6.02. The lowest BCUT2D eigenvalue weighted by Crippen LogP contribution is -2.03. The summed E-state index contributed by atoms with van der Waals surface area (Å²) in [6.07, 6.45) is 0.603. The van der Waals surface area contributed by atoms with Gasteiger partial charge in [-0.1, -0.05) is 18.2 Å². The number of benzene rings is 2. The van der Waals surface area contributed by atoms with E-state index in [9.17, 15) is 14.7 Å². The molecule has 0 fully saturated rings. The van der Waals surface area contributed by atoms with Gasteiger partial charge in [-0.05, 0) is 42.3 Å². The Morgan fingerprint density at radius 3 is 2.40 bits per heavy atom. The number of ether oxygens (including phenoxy) is 1. The van der Waals surface area contributed by atoms with Crippen LogP contribution in [0.5, 0.6) is 5.75 Å². The molecule has 4 heteroatoms. The number of hydrogen-bond acceptors (Lipinski definition) is 4. The van der Waals surface area contributed by atoms with E-state index < -0.39 is 0 Å². The fourth-order valence-electron chi connectivity index (χ4n) is 1.84. The Bertz CT molecular complexity index is 629. The number of phenolic OH excluding ortho intramolecular Hbond substituents is 1. The highest BCUT2D eigenvalue weighted by atomic mass is 16.5. The number of carbonyl (C=O) groups excluding carboxylic acids is 2. The zero-order valence-corrected chi connectivity index (χ0v) is 11.0. The largest absolute Gasteiger partial charge is 0.507 e. The lowest BCUT2D eigenvalue weighted by atomic mass is 10.0. The van der Waals surface area contributed by atoms with Crippen LogP contribution in [0.2, 0.25) is 0 Å². The molecule has 0 bridgehead atoms. The van der Waals surface area contributed by atoms with Crippen LogP contribution in [0.3, 0.4) is 0 Å². The SMILES string of the molecule is CCOC(=O)c1ccc(-c2ccc(O)c(C=O)c2)cc1. The standard InChI is InChI=1S/C16H14O4/c1-2-20-16(19)12-5-3-11(4-6-12)13-7-8-15(18)14(9-13)10-17/h3-10,18H,2H2,1H3. The minimum absolute atomic E-state index is 0.0492. The number of aldehydes is 1.